The average molecular weight is 372 g/mol. The summed E-state index contributed by atoms with van der Waals surface area (Å²) in [5, 5.41) is 2.71. The minimum atomic E-state index is -3.49. The first-order valence-electron chi connectivity index (χ1n) is 8.35. The summed E-state index contributed by atoms with van der Waals surface area (Å²) in [6, 6.07) is 13.5. The molecule has 0 saturated carbocycles. The molecule has 2 aromatic carbocycles. The Morgan fingerprint density at radius 3 is 2.54 bits per heavy atom. The lowest BCUT2D eigenvalue weighted by molar-refractivity contribution is -0.117. The van der Waals surface area contributed by atoms with Crippen molar-refractivity contribution in [2.24, 2.45) is 0 Å². The van der Waals surface area contributed by atoms with Crippen molar-refractivity contribution in [1.82, 2.24) is 0 Å². The molecule has 2 amide bonds. The Morgan fingerprint density at radius 1 is 1.12 bits per heavy atom. The molecule has 0 aliphatic carbocycles. The van der Waals surface area contributed by atoms with Crippen molar-refractivity contribution in [2.45, 2.75) is 24.7 Å². The molecule has 0 bridgehead atoms. The molecule has 1 heterocycles. The van der Waals surface area contributed by atoms with E-state index in [1.165, 1.54) is 19.1 Å². The first-order chi connectivity index (χ1) is 12.4. The fraction of sp³-hybridized carbons (Fsp3) is 0.263. The van der Waals surface area contributed by atoms with Gasteiger partial charge < -0.3 is 10.2 Å². The van der Waals surface area contributed by atoms with Gasteiger partial charge >= 0.3 is 0 Å². The molecule has 0 radical (unpaired) electrons. The number of nitrogens with zero attached hydrogens (tertiary/aromatic N) is 1. The SMILES string of the molecule is CC(=O)N1CCc2ccc(NC(=O)CCS(=O)(=O)c3ccccc3)cc21. The Kier molecular flexibility index (Phi) is 5.08. The Balaban J connectivity index is 1.64. The van der Waals surface area contributed by atoms with Crippen LogP contribution in [-0.4, -0.2) is 32.5 Å². The van der Waals surface area contributed by atoms with Gasteiger partial charge in [0.25, 0.3) is 0 Å². The van der Waals surface area contributed by atoms with Crippen molar-refractivity contribution >= 4 is 33.0 Å². The predicted octanol–water partition coefficient (Wildman–Crippen LogP) is 2.40. The predicted molar refractivity (Wildman–Crippen MR) is 99.9 cm³/mol. The molecule has 26 heavy (non-hydrogen) atoms. The zero-order valence-electron chi connectivity index (χ0n) is 14.4. The number of hydrogen-bond donors (Lipinski definition) is 1. The normalized spacial score (nSPS) is 13.3. The monoisotopic (exact) mass is 372 g/mol. The zero-order valence-corrected chi connectivity index (χ0v) is 15.3. The zero-order chi connectivity index (χ0) is 18.7. The van der Waals surface area contributed by atoms with E-state index in [4.69, 9.17) is 0 Å². The van der Waals surface area contributed by atoms with E-state index in [9.17, 15) is 18.0 Å². The van der Waals surface area contributed by atoms with Gasteiger partial charge in [-0.3, -0.25) is 9.59 Å². The minimum Gasteiger partial charge on any atom is -0.326 e. The van der Waals surface area contributed by atoms with E-state index in [0.29, 0.717) is 12.2 Å². The van der Waals surface area contributed by atoms with Crippen LogP contribution in [0.3, 0.4) is 0 Å². The van der Waals surface area contributed by atoms with Crippen LogP contribution < -0.4 is 10.2 Å². The van der Waals surface area contributed by atoms with E-state index >= 15 is 0 Å². The van der Waals surface area contributed by atoms with Gasteiger partial charge in [-0.05, 0) is 36.2 Å². The van der Waals surface area contributed by atoms with Crippen molar-refractivity contribution < 1.29 is 18.0 Å². The summed E-state index contributed by atoms with van der Waals surface area (Å²) in [6.45, 7) is 2.15. The Bertz CT molecular complexity index is 939. The number of hydrogen-bond acceptors (Lipinski definition) is 4. The number of fused-ring (bicyclic) bond motifs is 1. The van der Waals surface area contributed by atoms with Crippen LogP contribution in [-0.2, 0) is 25.8 Å². The molecule has 0 saturated heterocycles. The third-order valence-corrected chi connectivity index (χ3v) is 6.08. The van der Waals surface area contributed by atoms with Crippen molar-refractivity contribution in [3.63, 3.8) is 0 Å². The highest BCUT2D eigenvalue weighted by Gasteiger charge is 2.22. The average Bonchev–Trinajstić information content (AvgIpc) is 3.04. The van der Waals surface area contributed by atoms with Crippen LogP contribution in [0.5, 0.6) is 0 Å². The number of carbonyl (C=O) groups is 2. The summed E-state index contributed by atoms with van der Waals surface area (Å²) in [6.07, 6.45) is 0.656. The molecule has 6 nitrogen and oxygen atoms in total. The first-order valence-corrected chi connectivity index (χ1v) is 10.0. The summed E-state index contributed by atoms with van der Waals surface area (Å²) in [5.74, 6) is -0.675. The lowest BCUT2D eigenvalue weighted by Gasteiger charge is -2.16. The van der Waals surface area contributed by atoms with Gasteiger partial charge in [-0.1, -0.05) is 24.3 Å². The minimum absolute atomic E-state index is 0.0406. The third kappa shape index (κ3) is 3.94. The second-order valence-electron chi connectivity index (χ2n) is 6.19. The van der Waals surface area contributed by atoms with Crippen molar-refractivity contribution in [3.8, 4) is 0 Å². The molecule has 1 aliphatic heterocycles. The van der Waals surface area contributed by atoms with Crippen molar-refractivity contribution in [1.29, 1.82) is 0 Å². The largest absolute Gasteiger partial charge is 0.326 e. The van der Waals surface area contributed by atoms with Crippen LogP contribution in [0.1, 0.15) is 18.9 Å². The topological polar surface area (TPSA) is 83.6 Å². The molecule has 3 rings (SSSR count). The van der Waals surface area contributed by atoms with E-state index in [-0.39, 0.29) is 28.9 Å². The summed E-state index contributed by atoms with van der Waals surface area (Å²) >= 11 is 0. The summed E-state index contributed by atoms with van der Waals surface area (Å²) < 4.78 is 24.5. The van der Waals surface area contributed by atoms with Gasteiger partial charge in [0.1, 0.15) is 0 Å². The maximum atomic E-state index is 12.2. The fourth-order valence-corrected chi connectivity index (χ4v) is 4.24. The number of carbonyl (C=O) groups excluding carboxylic acids is 2. The number of amides is 2. The van der Waals surface area contributed by atoms with E-state index in [0.717, 1.165) is 17.7 Å². The molecule has 136 valence electrons. The van der Waals surface area contributed by atoms with Crippen LogP contribution >= 0.6 is 0 Å². The first kappa shape index (κ1) is 18.1. The molecule has 0 unspecified atom stereocenters. The second-order valence-corrected chi connectivity index (χ2v) is 8.30. The quantitative estimate of drug-likeness (QED) is 0.874. The summed E-state index contributed by atoms with van der Waals surface area (Å²) in [5.41, 5.74) is 2.41. The van der Waals surface area contributed by atoms with E-state index < -0.39 is 9.84 Å². The fourth-order valence-electron chi connectivity index (χ4n) is 2.98. The molecule has 1 aliphatic rings. The van der Waals surface area contributed by atoms with Gasteiger partial charge in [-0.25, -0.2) is 8.42 Å². The van der Waals surface area contributed by atoms with Gasteiger partial charge in [0, 0.05) is 31.3 Å². The molecule has 0 aromatic heterocycles. The lowest BCUT2D eigenvalue weighted by atomic mass is 10.1. The molecular weight excluding hydrogens is 352 g/mol. The summed E-state index contributed by atoms with van der Waals surface area (Å²) in [4.78, 5) is 25.7. The van der Waals surface area contributed by atoms with Crippen LogP contribution in [0.2, 0.25) is 0 Å². The second kappa shape index (κ2) is 7.29. The van der Waals surface area contributed by atoms with E-state index in [1.54, 1.807) is 35.2 Å². The van der Waals surface area contributed by atoms with Gasteiger partial charge in [0.2, 0.25) is 11.8 Å². The number of benzene rings is 2. The number of anilines is 2. The standard InChI is InChI=1S/C19H20N2O4S/c1-14(22)21-11-9-15-7-8-16(13-18(15)21)20-19(23)10-12-26(24,25)17-5-3-2-4-6-17/h2-8,13H,9-12H2,1H3,(H,20,23). The molecule has 0 atom stereocenters. The molecule has 7 heteroatoms. The maximum Gasteiger partial charge on any atom is 0.225 e. The van der Waals surface area contributed by atoms with Gasteiger partial charge in [0.15, 0.2) is 9.84 Å². The number of nitrogens with one attached hydrogen (secondary N) is 1. The number of sulfone groups is 1. The van der Waals surface area contributed by atoms with E-state index in [1.807, 2.05) is 6.07 Å². The van der Waals surface area contributed by atoms with Crippen LogP contribution in [0.4, 0.5) is 11.4 Å². The van der Waals surface area contributed by atoms with Gasteiger partial charge in [-0.15, -0.1) is 0 Å². The highest BCUT2D eigenvalue weighted by molar-refractivity contribution is 7.91. The molecular formula is C19H20N2O4S. The van der Waals surface area contributed by atoms with Gasteiger partial charge in [0.05, 0.1) is 10.6 Å². The van der Waals surface area contributed by atoms with Crippen LogP contribution in [0.25, 0.3) is 0 Å². The molecule has 0 spiro atoms. The highest BCUT2D eigenvalue weighted by Crippen LogP contribution is 2.31. The van der Waals surface area contributed by atoms with Crippen molar-refractivity contribution in [2.75, 3.05) is 22.5 Å². The van der Waals surface area contributed by atoms with E-state index in [2.05, 4.69) is 5.32 Å². The Morgan fingerprint density at radius 2 is 1.85 bits per heavy atom. The molecule has 2 aromatic rings. The summed E-state index contributed by atoms with van der Waals surface area (Å²) in [7, 11) is -3.49. The van der Waals surface area contributed by atoms with Crippen molar-refractivity contribution in [3.05, 3.63) is 54.1 Å². The Labute approximate surface area is 152 Å². The molecule has 1 N–H and O–H groups in total. The Hall–Kier alpha value is -2.67. The van der Waals surface area contributed by atoms with Crippen LogP contribution in [0.15, 0.2) is 53.4 Å². The lowest BCUT2D eigenvalue weighted by Crippen LogP contribution is -2.25. The number of rotatable bonds is 5. The molecule has 0 fully saturated rings. The highest BCUT2D eigenvalue weighted by atomic mass is 32.2. The van der Waals surface area contributed by atoms with Gasteiger partial charge in [-0.2, -0.15) is 0 Å². The van der Waals surface area contributed by atoms with Crippen LogP contribution in [0, 0.1) is 0 Å². The third-order valence-electron chi connectivity index (χ3n) is 4.34. The maximum absolute atomic E-state index is 12.2. The smallest absolute Gasteiger partial charge is 0.225 e.